The maximum Gasteiger partial charge on any atom is 0.248 e. The summed E-state index contributed by atoms with van der Waals surface area (Å²) in [6.45, 7) is 33.1. The van der Waals surface area contributed by atoms with E-state index in [0.717, 1.165) is 0 Å². The summed E-state index contributed by atoms with van der Waals surface area (Å²) in [6.07, 6.45) is 2.64. The molecule has 0 aromatic heterocycles. The Bertz CT molecular complexity index is 3020. The van der Waals surface area contributed by atoms with Gasteiger partial charge in [-0.1, -0.05) is 76.2 Å². The van der Waals surface area contributed by atoms with Crippen LogP contribution in [0.15, 0.2) is 0 Å². The maximum absolute atomic E-state index is 14.6. The van der Waals surface area contributed by atoms with Crippen molar-refractivity contribution in [1.29, 1.82) is 0 Å². The van der Waals surface area contributed by atoms with Crippen LogP contribution in [-0.4, -0.2) is 217 Å². The fraction of sp³-hybridized carbons (Fsp3) is 0.789. The number of rotatable bonds is 38. The highest BCUT2D eigenvalue weighted by atomic mass is 16.3. The molecule has 15 amide bonds. The van der Waals surface area contributed by atoms with E-state index in [1.807, 2.05) is 41.5 Å². The SMILES string of the molecule is CC[C@@](C)(NC(C)=O)C(=O)N[C@@H](CCC(N)=O)C(=O)N[C@@H](CC(C)C)C(=O)NC(C)(C)C(=O)N1CCC[C@H]1C(=O)N[C@@H](C)C(=O)N[C@H](C(=O)NC(C)(C)C(=O)N1CCC[C@H]1C(=O)N[C@@H](CC(C)C)C(=O)N[C@@H](CC(C)C)C(=O)NC(C)(C)C(=O)N1CCC[C@H]1C(=O)N[C@H](CO)CC(C)C)C(C)C. The zero-order valence-electron chi connectivity index (χ0n) is 64.2. The van der Waals surface area contributed by atoms with Gasteiger partial charge >= 0.3 is 0 Å². The number of nitrogens with two attached hydrogens (primary N) is 1. The van der Waals surface area contributed by atoms with Gasteiger partial charge < -0.3 is 84.0 Å². The van der Waals surface area contributed by atoms with E-state index in [1.54, 1.807) is 34.6 Å². The molecule has 3 heterocycles. The van der Waals surface area contributed by atoms with Gasteiger partial charge in [-0.15, -0.1) is 0 Å². The Labute approximate surface area is 602 Å². The lowest BCUT2D eigenvalue weighted by Gasteiger charge is -2.36. The second-order valence-electron chi connectivity index (χ2n) is 31.8. The van der Waals surface area contributed by atoms with Gasteiger partial charge in [0, 0.05) is 33.0 Å². The van der Waals surface area contributed by atoms with E-state index in [2.05, 4.69) is 58.5 Å². The first-order valence-corrected chi connectivity index (χ1v) is 36.3. The fourth-order valence-electron chi connectivity index (χ4n) is 13.0. The Balaban J connectivity index is 1.72. The summed E-state index contributed by atoms with van der Waals surface area (Å²) in [5, 5.41) is 39.9. The minimum atomic E-state index is -1.68. The minimum absolute atomic E-state index is 0.0736. The fourth-order valence-corrected chi connectivity index (χ4v) is 13.0. The number of hydrogen-bond donors (Lipinski definition) is 13. The van der Waals surface area contributed by atoms with Gasteiger partial charge in [-0.25, -0.2) is 0 Å². The second-order valence-corrected chi connectivity index (χ2v) is 31.8. The van der Waals surface area contributed by atoms with Crippen LogP contribution in [0.3, 0.4) is 0 Å². The molecule has 0 aromatic carbocycles. The highest BCUT2D eigenvalue weighted by Gasteiger charge is 2.48. The topological polar surface area (TPSA) is 444 Å². The van der Waals surface area contributed by atoms with Crippen molar-refractivity contribution in [1.82, 2.24) is 73.2 Å². The molecule has 0 aliphatic carbocycles. The normalized spacial score (nSPS) is 19.1. The third kappa shape index (κ3) is 25.8. The van der Waals surface area contributed by atoms with E-state index >= 15 is 0 Å². The number of hydrogen-bond acceptors (Lipinski definition) is 16. The first-order chi connectivity index (χ1) is 47.1. The molecule has 3 saturated heterocycles. The molecular weight excluding hydrogens is 1320 g/mol. The third-order valence-corrected chi connectivity index (χ3v) is 18.7. The Morgan fingerprint density at radius 1 is 0.441 bits per heavy atom. The summed E-state index contributed by atoms with van der Waals surface area (Å²) >= 11 is 0. The minimum Gasteiger partial charge on any atom is -0.394 e. The summed E-state index contributed by atoms with van der Waals surface area (Å²) in [5.74, 6) is -10.8. The number of amides is 15. The zero-order valence-corrected chi connectivity index (χ0v) is 64.2. The molecule has 3 fully saturated rings. The predicted molar refractivity (Wildman–Crippen MR) is 381 cm³/mol. The number of aliphatic hydroxyl groups excluding tert-OH is 1. The standard InChI is InChI=1S/C71H123N15O16/c1-21-71(20,80-44(13)88)64(99)78-46(28-29-53(72)89)56(91)75-48(35-40(6)7)58(93)81-68(14,15)65(100)84-30-22-25-50(84)60(95)73-43(12)55(90)79-54(42(10)11)63(98)83-70(18,19)67(102)86-32-24-27-52(86)62(97)77-47(34-39(4)5)57(92)76-49(36-41(8)9)59(94)82-69(16,17)66(101)85-31-23-26-51(85)61(96)74-45(37-87)33-38(2)3/h38-43,45-52,54,87H,21-37H2,1-20H3,(H2,72,89)(H,73,95)(H,74,96)(H,75,91)(H,76,92)(H,77,97)(H,78,99)(H,79,90)(H,80,88)(H,81,93)(H,82,94)(H,83,98)/t43-,45-,46-,47-,48-,49-,50-,51-,52-,54-,71+/m0/s1. The monoisotopic (exact) mass is 1440 g/mol. The van der Waals surface area contributed by atoms with Crippen LogP contribution < -0.4 is 64.2 Å². The lowest BCUT2D eigenvalue weighted by atomic mass is 9.96. The van der Waals surface area contributed by atoms with Crippen molar-refractivity contribution in [3.05, 3.63) is 0 Å². The molecule has 0 spiro atoms. The van der Waals surface area contributed by atoms with Gasteiger partial charge in [-0.3, -0.25) is 71.9 Å². The molecule has 31 nitrogen and oxygen atoms in total. The average molecular weight is 1440 g/mol. The van der Waals surface area contributed by atoms with Crippen molar-refractivity contribution in [2.24, 2.45) is 35.3 Å². The van der Waals surface area contributed by atoms with E-state index in [-0.39, 0.29) is 101 Å². The van der Waals surface area contributed by atoms with Crippen molar-refractivity contribution >= 4 is 88.6 Å². The second kappa shape index (κ2) is 38.5. The van der Waals surface area contributed by atoms with Crippen LogP contribution in [0.25, 0.3) is 0 Å². The Morgan fingerprint density at radius 2 is 0.804 bits per heavy atom. The molecular formula is C71H123N15O16. The molecule has 0 saturated carbocycles. The van der Waals surface area contributed by atoms with Gasteiger partial charge in [0.15, 0.2) is 0 Å². The smallest absolute Gasteiger partial charge is 0.248 e. The molecule has 0 unspecified atom stereocenters. The first kappa shape index (κ1) is 88.2. The van der Waals surface area contributed by atoms with Crippen LogP contribution in [0.2, 0.25) is 0 Å². The molecule has 102 heavy (non-hydrogen) atoms. The van der Waals surface area contributed by atoms with Crippen molar-refractivity contribution in [3.63, 3.8) is 0 Å². The zero-order chi connectivity index (χ0) is 77.9. The van der Waals surface area contributed by atoms with Crippen LogP contribution in [0.5, 0.6) is 0 Å². The summed E-state index contributed by atoms with van der Waals surface area (Å²) < 4.78 is 0. The Morgan fingerprint density at radius 3 is 1.16 bits per heavy atom. The first-order valence-electron chi connectivity index (χ1n) is 36.3. The molecule has 0 bridgehead atoms. The van der Waals surface area contributed by atoms with Gasteiger partial charge in [0.1, 0.15) is 76.5 Å². The third-order valence-electron chi connectivity index (χ3n) is 18.7. The number of nitrogens with one attached hydrogen (secondary N) is 11. The molecule has 11 atom stereocenters. The van der Waals surface area contributed by atoms with Crippen LogP contribution >= 0.6 is 0 Å². The van der Waals surface area contributed by atoms with Crippen molar-refractivity contribution in [2.45, 2.75) is 305 Å². The molecule has 578 valence electrons. The highest BCUT2D eigenvalue weighted by Crippen LogP contribution is 2.27. The van der Waals surface area contributed by atoms with Crippen LogP contribution in [0.4, 0.5) is 0 Å². The number of aliphatic hydroxyl groups is 1. The van der Waals surface area contributed by atoms with Gasteiger partial charge in [-0.05, 0) is 162 Å². The largest absolute Gasteiger partial charge is 0.394 e. The lowest BCUT2D eigenvalue weighted by molar-refractivity contribution is -0.146. The lowest BCUT2D eigenvalue weighted by Crippen LogP contribution is -2.64. The quantitative estimate of drug-likeness (QED) is 0.0399. The number of nitrogens with zero attached hydrogens (tertiary/aromatic N) is 3. The van der Waals surface area contributed by atoms with Gasteiger partial charge in [0.05, 0.1) is 12.6 Å². The van der Waals surface area contributed by atoms with Gasteiger partial charge in [0.25, 0.3) is 0 Å². The van der Waals surface area contributed by atoms with Crippen molar-refractivity contribution in [3.8, 4) is 0 Å². The van der Waals surface area contributed by atoms with E-state index in [9.17, 15) is 77.0 Å². The Kier molecular flexibility index (Phi) is 33.3. The van der Waals surface area contributed by atoms with Crippen molar-refractivity contribution in [2.75, 3.05) is 26.2 Å². The van der Waals surface area contributed by atoms with E-state index in [1.165, 1.54) is 77.0 Å². The molecule has 3 aliphatic rings. The molecule has 0 radical (unpaired) electrons. The summed E-state index contributed by atoms with van der Waals surface area (Å²) in [6, 6.07) is -11.0. The summed E-state index contributed by atoms with van der Waals surface area (Å²) in [4.78, 5) is 211. The van der Waals surface area contributed by atoms with Crippen LogP contribution in [-0.2, 0) is 71.9 Å². The molecule has 14 N–H and O–H groups in total. The number of likely N-dealkylation sites (tertiary alicyclic amines) is 3. The average Bonchev–Trinajstić information content (AvgIpc) is 1.55. The predicted octanol–water partition coefficient (Wildman–Crippen LogP) is 0.460. The van der Waals surface area contributed by atoms with E-state index < -0.39 is 177 Å². The summed E-state index contributed by atoms with van der Waals surface area (Å²) in [5.41, 5.74) is -0.905. The molecule has 31 heteroatoms. The molecule has 0 aromatic rings. The van der Waals surface area contributed by atoms with Crippen LogP contribution in [0, 0.1) is 29.6 Å². The maximum atomic E-state index is 14.6. The van der Waals surface area contributed by atoms with Gasteiger partial charge in [-0.2, -0.15) is 0 Å². The Hall–Kier alpha value is -7.99. The van der Waals surface area contributed by atoms with E-state index in [4.69, 9.17) is 5.73 Å². The van der Waals surface area contributed by atoms with Crippen molar-refractivity contribution < 1.29 is 77.0 Å². The van der Waals surface area contributed by atoms with Crippen LogP contribution in [0.1, 0.15) is 222 Å². The van der Waals surface area contributed by atoms with Gasteiger partial charge in [0.2, 0.25) is 88.6 Å². The number of carbonyl (C=O) groups excluding carboxylic acids is 15. The summed E-state index contributed by atoms with van der Waals surface area (Å²) in [7, 11) is 0. The van der Waals surface area contributed by atoms with E-state index in [0.29, 0.717) is 32.1 Å². The molecule has 3 aliphatic heterocycles. The number of carbonyl (C=O) groups is 15. The highest BCUT2D eigenvalue weighted by molar-refractivity contribution is 6.02. The number of primary amides is 1. The molecule has 3 rings (SSSR count).